The summed E-state index contributed by atoms with van der Waals surface area (Å²) < 4.78 is 5.53. The summed E-state index contributed by atoms with van der Waals surface area (Å²) in [6, 6.07) is 0.127. The number of rotatable bonds is 3. The van der Waals surface area contributed by atoms with Crippen molar-refractivity contribution in [1.82, 2.24) is 10.2 Å². The van der Waals surface area contributed by atoms with Gasteiger partial charge in [0.25, 0.3) is 0 Å². The van der Waals surface area contributed by atoms with E-state index in [-0.39, 0.29) is 30.2 Å². The third-order valence-electron chi connectivity index (χ3n) is 4.76. The molecule has 4 atom stereocenters. The first-order valence-electron chi connectivity index (χ1n) is 7.88. The molecule has 116 valence electrons. The van der Waals surface area contributed by atoms with Crippen LogP contribution in [0.5, 0.6) is 0 Å². The fourth-order valence-electron chi connectivity index (χ4n) is 3.34. The number of aliphatic hydroxyl groups is 1. The predicted octanol–water partition coefficient (Wildman–Crippen LogP) is 1.75. The molecular formula is C15H28N2O3. The van der Waals surface area contributed by atoms with Crippen LogP contribution in [-0.4, -0.2) is 54.5 Å². The summed E-state index contributed by atoms with van der Waals surface area (Å²) in [4.78, 5) is 14.2. The van der Waals surface area contributed by atoms with E-state index in [0.717, 1.165) is 32.2 Å². The van der Waals surface area contributed by atoms with Gasteiger partial charge in [0.1, 0.15) is 0 Å². The zero-order valence-corrected chi connectivity index (χ0v) is 12.7. The van der Waals surface area contributed by atoms with Gasteiger partial charge in [0, 0.05) is 26.1 Å². The van der Waals surface area contributed by atoms with Gasteiger partial charge in [-0.3, -0.25) is 0 Å². The molecule has 2 amide bonds. The summed E-state index contributed by atoms with van der Waals surface area (Å²) in [7, 11) is 1.73. The molecule has 1 heterocycles. The number of urea groups is 1. The highest BCUT2D eigenvalue weighted by Gasteiger charge is 2.31. The van der Waals surface area contributed by atoms with E-state index in [4.69, 9.17) is 4.74 Å². The van der Waals surface area contributed by atoms with Crippen LogP contribution in [0.15, 0.2) is 0 Å². The fraction of sp³-hybridized carbons (Fsp3) is 0.933. The number of amides is 2. The summed E-state index contributed by atoms with van der Waals surface area (Å²) in [5.74, 6) is 0.216. The Morgan fingerprint density at radius 1 is 1.30 bits per heavy atom. The zero-order valence-electron chi connectivity index (χ0n) is 12.7. The van der Waals surface area contributed by atoms with Crippen molar-refractivity contribution in [3.05, 3.63) is 0 Å². The number of hydrogen-bond donors (Lipinski definition) is 2. The van der Waals surface area contributed by atoms with Crippen molar-refractivity contribution in [1.29, 1.82) is 0 Å². The lowest BCUT2D eigenvalue weighted by Gasteiger charge is -2.27. The zero-order chi connectivity index (χ0) is 14.5. The van der Waals surface area contributed by atoms with E-state index in [1.165, 1.54) is 12.8 Å². The summed E-state index contributed by atoms with van der Waals surface area (Å²) >= 11 is 0. The summed E-state index contributed by atoms with van der Waals surface area (Å²) in [5, 5.41) is 12.8. The van der Waals surface area contributed by atoms with Crippen molar-refractivity contribution in [3.8, 4) is 0 Å². The number of aliphatic hydroxyl groups excluding tert-OH is 1. The summed E-state index contributed by atoms with van der Waals surface area (Å²) in [5.41, 5.74) is 0. The van der Waals surface area contributed by atoms with Crippen LogP contribution in [0.1, 0.15) is 45.4 Å². The average molecular weight is 284 g/mol. The summed E-state index contributed by atoms with van der Waals surface area (Å²) in [6.45, 7) is 3.21. The van der Waals surface area contributed by atoms with Gasteiger partial charge in [0.2, 0.25) is 0 Å². The van der Waals surface area contributed by atoms with Gasteiger partial charge in [-0.1, -0.05) is 19.3 Å². The van der Waals surface area contributed by atoms with Crippen molar-refractivity contribution in [2.24, 2.45) is 5.92 Å². The molecule has 1 saturated carbocycles. The first-order chi connectivity index (χ1) is 9.61. The lowest BCUT2D eigenvalue weighted by Crippen LogP contribution is -2.49. The highest BCUT2D eigenvalue weighted by atomic mass is 16.5. The Bertz CT molecular complexity index is 322. The van der Waals surface area contributed by atoms with Crippen molar-refractivity contribution >= 4 is 6.03 Å². The van der Waals surface area contributed by atoms with E-state index >= 15 is 0 Å². The average Bonchev–Trinajstić information content (AvgIpc) is 2.82. The van der Waals surface area contributed by atoms with Gasteiger partial charge in [0.15, 0.2) is 0 Å². The Kier molecular flexibility index (Phi) is 5.66. The maximum absolute atomic E-state index is 12.3. The molecule has 0 unspecified atom stereocenters. The number of methoxy groups -OCH3 is 1. The Hall–Kier alpha value is -0.810. The van der Waals surface area contributed by atoms with Crippen LogP contribution in [0.3, 0.4) is 0 Å². The molecule has 1 saturated heterocycles. The first kappa shape index (κ1) is 15.6. The number of nitrogens with zero attached hydrogens (tertiary/aromatic N) is 1. The molecule has 0 radical (unpaired) electrons. The molecule has 0 bridgehead atoms. The van der Waals surface area contributed by atoms with Crippen molar-refractivity contribution in [2.45, 2.75) is 63.7 Å². The monoisotopic (exact) mass is 284 g/mol. The smallest absolute Gasteiger partial charge is 0.317 e. The highest BCUT2D eigenvalue weighted by Crippen LogP contribution is 2.22. The lowest BCUT2D eigenvalue weighted by molar-refractivity contribution is 0.0637. The van der Waals surface area contributed by atoms with Crippen LogP contribution in [0, 0.1) is 5.92 Å². The molecule has 2 N–H and O–H groups in total. The molecule has 2 rings (SSSR count). The maximum Gasteiger partial charge on any atom is 0.317 e. The van der Waals surface area contributed by atoms with E-state index in [2.05, 4.69) is 5.32 Å². The number of ether oxygens (including phenoxy) is 1. The molecule has 0 aromatic rings. The van der Waals surface area contributed by atoms with E-state index < -0.39 is 0 Å². The van der Waals surface area contributed by atoms with E-state index in [1.54, 1.807) is 14.0 Å². The van der Waals surface area contributed by atoms with Crippen LogP contribution < -0.4 is 5.32 Å². The van der Waals surface area contributed by atoms with Gasteiger partial charge in [-0.25, -0.2) is 4.79 Å². The van der Waals surface area contributed by atoms with Crippen LogP contribution in [0.25, 0.3) is 0 Å². The number of hydrogen-bond acceptors (Lipinski definition) is 3. The second-order valence-corrected chi connectivity index (χ2v) is 6.20. The molecule has 5 heteroatoms. The minimum atomic E-state index is -0.336. The number of carbonyl (C=O) groups is 1. The quantitative estimate of drug-likeness (QED) is 0.776. The van der Waals surface area contributed by atoms with E-state index in [0.29, 0.717) is 6.54 Å². The topological polar surface area (TPSA) is 61.8 Å². The Labute approximate surface area is 121 Å². The second-order valence-electron chi connectivity index (χ2n) is 6.20. The standard InChI is InChI=1S/C15H28N2O3/c1-11(18)12-8-9-17(10-12)15(19)16-13-6-4-3-5-7-14(13)20-2/h11-14,18H,3-10H2,1-2H3,(H,16,19)/t11-,12+,13+,14-/m1/s1. The third-order valence-corrected chi connectivity index (χ3v) is 4.76. The van der Waals surface area contributed by atoms with Crippen LogP contribution in [0.2, 0.25) is 0 Å². The van der Waals surface area contributed by atoms with Crippen LogP contribution in [0.4, 0.5) is 4.79 Å². The van der Waals surface area contributed by atoms with Gasteiger partial charge in [-0.15, -0.1) is 0 Å². The van der Waals surface area contributed by atoms with Gasteiger partial charge in [0.05, 0.1) is 18.2 Å². The Balaban J connectivity index is 1.86. The SMILES string of the molecule is CO[C@@H]1CCCCC[C@@H]1NC(=O)N1CC[C@H]([C@@H](C)O)C1. The number of likely N-dealkylation sites (tertiary alicyclic amines) is 1. The van der Waals surface area contributed by atoms with E-state index in [9.17, 15) is 9.90 Å². The normalized spacial score (nSPS) is 32.8. The molecule has 2 aliphatic rings. The maximum atomic E-state index is 12.3. The van der Waals surface area contributed by atoms with E-state index in [1.807, 2.05) is 4.90 Å². The molecule has 2 fully saturated rings. The van der Waals surface area contributed by atoms with Gasteiger partial charge in [-0.05, 0) is 26.2 Å². The van der Waals surface area contributed by atoms with Gasteiger partial charge in [-0.2, -0.15) is 0 Å². The third kappa shape index (κ3) is 3.85. The van der Waals surface area contributed by atoms with Crippen molar-refractivity contribution in [3.63, 3.8) is 0 Å². The minimum absolute atomic E-state index is 0.00194. The van der Waals surface area contributed by atoms with Gasteiger partial charge < -0.3 is 20.1 Å². The minimum Gasteiger partial charge on any atom is -0.393 e. The van der Waals surface area contributed by atoms with Gasteiger partial charge >= 0.3 is 6.03 Å². The second kappa shape index (κ2) is 7.27. The van der Waals surface area contributed by atoms with Crippen molar-refractivity contribution in [2.75, 3.05) is 20.2 Å². The molecule has 0 aromatic carbocycles. The van der Waals surface area contributed by atoms with Crippen LogP contribution >= 0.6 is 0 Å². The van der Waals surface area contributed by atoms with Crippen molar-refractivity contribution < 1.29 is 14.6 Å². The molecule has 0 aromatic heterocycles. The molecular weight excluding hydrogens is 256 g/mol. The number of carbonyl (C=O) groups excluding carboxylic acids is 1. The highest BCUT2D eigenvalue weighted by molar-refractivity contribution is 5.74. The largest absolute Gasteiger partial charge is 0.393 e. The molecule has 20 heavy (non-hydrogen) atoms. The molecule has 1 aliphatic carbocycles. The lowest BCUT2D eigenvalue weighted by atomic mass is 10.0. The fourth-order valence-corrected chi connectivity index (χ4v) is 3.34. The Morgan fingerprint density at radius 3 is 2.70 bits per heavy atom. The number of nitrogens with one attached hydrogen (secondary N) is 1. The summed E-state index contributed by atoms with van der Waals surface area (Å²) in [6.07, 6.45) is 6.27. The predicted molar refractivity (Wildman–Crippen MR) is 77.6 cm³/mol. The Morgan fingerprint density at radius 2 is 2.05 bits per heavy atom. The molecule has 1 aliphatic heterocycles. The first-order valence-corrected chi connectivity index (χ1v) is 7.88. The molecule has 0 spiro atoms. The van der Waals surface area contributed by atoms with Crippen LogP contribution in [-0.2, 0) is 4.74 Å². The molecule has 5 nitrogen and oxygen atoms in total.